The Morgan fingerprint density at radius 3 is 2.60 bits per heavy atom. The van der Waals surface area contributed by atoms with Gasteiger partial charge in [-0.15, -0.1) is 0 Å². The van der Waals surface area contributed by atoms with Crippen LogP contribution in [0.25, 0.3) is 33.2 Å². The minimum absolute atomic E-state index is 0.161. The summed E-state index contributed by atoms with van der Waals surface area (Å²) in [4.78, 5) is 19.5. The van der Waals surface area contributed by atoms with Crippen molar-refractivity contribution < 1.29 is 13.5 Å². The van der Waals surface area contributed by atoms with Crippen LogP contribution in [0.5, 0.6) is 0 Å². The number of hydrogen-bond donors (Lipinski definition) is 0. The van der Waals surface area contributed by atoms with Crippen LogP contribution in [0.4, 0.5) is 14.5 Å². The quantitative estimate of drug-likeness (QED) is 0.394. The van der Waals surface area contributed by atoms with Crippen LogP contribution in [0, 0.1) is 11.6 Å². The molecule has 10 heteroatoms. The summed E-state index contributed by atoms with van der Waals surface area (Å²) in [5, 5.41) is 5.63. The van der Waals surface area contributed by atoms with E-state index in [-0.39, 0.29) is 12.0 Å². The first kappa shape index (κ1) is 21.5. The second-order valence-electron chi connectivity index (χ2n) is 8.45. The highest BCUT2D eigenvalue weighted by Gasteiger charge is 2.19. The summed E-state index contributed by atoms with van der Waals surface area (Å²) in [6.45, 7) is 2.95. The maximum atomic E-state index is 15.0. The molecule has 0 aliphatic carbocycles. The van der Waals surface area contributed by atoms with Crippen molar-refractivity contribution in [3.63, 3.8) is 0 Å². The standard InChI is InChI=1S/C25H21F2N7O/c1-33-25-19(12-32-33)22(29-14-31-25)9-15-8-18(21(27)11-20(15)26)24-17-3-2-16(10-23(17)28-13-30-24)34-4-6-35-7-5-34/h2-3,8,10-14H,4-7,9H2,1H3. The summed E-state index contributed by atoms with van der Waals surface area (Å²) in [7, 11) is 1.78. The zero-order valence-corrected chi connectivity index (χ0v) is 18.9. The number of halogens is 2. The lowest BCUT2D eigenvalue weighted by atomic mass is 9.99. The molecule has 3 aromatic heterocycles. The third-order valence-corrected chi connectivity index (χ3v) is 6.36. The SMILES string of the molecule is Cn1ncc2c(Cc3cc(-c4ncnc5cc(N6CCOCC6)ccc45)c(F)cc3F)ncnc21. The van der Waals surface area contributed by atoms with E-state index in [2.05, 4.69) is 29.9 Å². The molecule has 0 bridgehead atoms. The van der Waals surface area contributed by atoms with Gasteiger partial charge in [0, 0.05) is 49.3 Å². The normalized spacial score (nSPS) is 14.2. The predicted molar refractivity (Wildman–Crippen MR) is 127 cm³/mol. The van der Waals surface area contributed by atoms with E-state index >= 15 is 4.39 Å². The van der Waals surface area contributed by atoms with E-state index in [1.54, 1.807) is 17.9 Å². The van der Waals surface area contributed by atoms with Crippen molar-refractivity contribution in [2.75, 3.05) is 31.2 Å². The predicted octanol–water partition coefficient (Wildman–Crippen LogP) is 3.68. The van der Waals surface area contributed by atoms with Gasteiger partial charge in [0.15, 0.2) is 5.65 Å². The second-order valence-corrected chi connectivity index (χ2v) is 8.45. The largest absolute Gasteiger partial charge is 0.378 e. The number of benzene rings is 2. The van der Waals surface area contributed by atoms with E-state index in [0.29, 0.717) is 46.7 Å². The van der Waals surface area contributed by atoms with Gasteiger partial charge in [-0.2, -0.15) is 5.10 Å². The van der Waals surface area contributed by atoms with E-state index in [9.17, 15) is 4.39 Å². The lowest BCUT2D eigenvalue weighted by Crippen LogP contribution is -2.36. The maximum absolute atomic E-state index is 15.0. The van der Waals surface area contributed by atoms with Crippen LogP contribution >= 0.6 is 0 Å². The highest BCUT2D eigenvalue weighted by Crippen LogP contribution is 2.32. The van der Waals surface area contributed by atoms with E-state index < -0.39 is 11.6 Å². The number of fused-ring (bicyclic) bond motifs is 2. The molecule has 0 radical (unpaired) electrons. The fourth-order valence-corrected chi connectivity index (χ4v) is 4.52. The number of morpholine rings is 1. The highest BCUT2D eigenvalue weighted by atomic mass is 19.1. The van der Waals surface area contributed by atoms with Crippen LogP contribution in [0.2, 0.25) is 0 Å². The molecule has 0 amide bonds. The number of rotatable bonds is 4. The van der Waals surface area contributed by atoms with Gasteiger partial charge in [0.25, 0.3) is 0 Å². The monoisotopic (exact) mass is 473 g/mol. The zero-order valence-electron chi connectivity index (χ0n) is 18.9. The second kappa shape index (κ2) is 8.62. The van der Waals surface area contributed by atoms with Gasteiger partial charge in [-0.1, -0.05) is 0 Å². The van der Waals surface area contributed by atoms with E-state index in [0.717, 1.165) is 30.2 Å². The van der Waals surface area contributed by atoms with Crippen LogP contribution in [0.3, 0.4) is 0 Å². The zero-order chi connectivity index (χ0) is 23.9. The fraction of sp³-hybridized carbons (Fsp3) is 0.240. The first-order valence-electron chi connectivity index (χ1n) is 11.3. The Balaban J connectivity index is 1.41. The molecule has 0 N–H and O–H groups in total. The lowest BCUT2D eigenvalue weighted by molar-refractivity contribution is 0.122. The van der Waals surface area contributed by atoms with Crippen molar-refractivity contribution in [1.29, 1.82) is 0 Å². The van der Waals surface area contributed by atoms with Crippen LogP contribution < -0.4 is 4.90 Å². The molecule has 0 atom stereocenters. The van der Waals surface area contributed by atoms with Crippen molar-refractivity contribution >= 4 is 27.6 Å². The summed E-state index contributed by atoms with van der Waals surface area (Å²) in [6, 6.07) is 8.24. The number of ether oxygens (including phenoxy) is 1. The molecule has 1 saturated heterocycles. The fourth-order valence-electron chi connectivity index (χ4n) is 4.52. The van der Waals surface area contributed by atoms with Crippen LogP contribution in [0.15, 0.2) is 49.2 Å². The Hall–Kier alpha value is -4.05. The van der Waals surface area contributed by atoms with E-state index in [4.69, 9.17) is 4.74 Å². The molecule has 1 fully saturated rings. The number of hydrogen-bond acceptors (Lipinski definition) is 7. The Morgan fingerprint density at radius 1 is 0.914 bits per heavy atom. The Labute approximate surface area is 199 Å². The summed E-state index contributed by atoms with van der Waals surface area (Å²) >= 11 is 0. The average Bonchev–Trinajstić information content (AvgIpc) is 3.27. The van der Waals surface area contributed by atoms with Crippen molar-refractivity contribution in [2.24, 2.45) is 7.05 Å². The van der Waals surface area contributed by atoms with Crippen molar-refractivity contribution in [2.45, 2.75) is 6.42 Å². The van der Waals surface area contributed by atoms with E-state index in [1.807, 2.05) is 18.2 Å². The van der Waals surface area contributed by atoms with Crippen molar-refractivity contribution in [3.8, 4) is 11.3 Å². The Kier molecular flexibility index (Phi) is 5.29. The van der Waals surface area contributed by atoms with Gasteiger partial charge in [0.1, 0.15) is 24.3 Å². The first-order valence-corrected chi connectivity index (χ1v) is 11.3. The maximum Gasteiger partial charge on any atom is 0.161 e. The molecule has 8 nitrogen and oxygen atoms in total. The Morgan fingerprint density at radius 2 is 1.74 bits per heavy atom. The average molecular weight is 473 g/mol. The van der Waals surface area contributed by atoms with Crippen molar-refractivity contribution in [3.05, 3.63) is 72.1 Å². The van der Waals surface area contributed by atoms with Crippen molar-refractivity contribution in [1.82, 2.24) is 29.7 Å². The number of aromatic nitrogens is 6. The van der Waals surface area contributed by atoms with Crippen LogP contribution in [-0.2, 0) is 18.2 Å². The summed E-state index contributed by atoms with van der Waals surface area (Å²) in [5.74, 6) is -1.33. The van der Waals surface area contributed by atoms with Crippen LogP contribution in [0.1, 0.15) is 11.3 Å². The van der Waals surface area contributed by atoms with Gasteiger partial charge in [-0.25, -0.2) is 28.7 Å². The molecule has 1 aliphatic heterocycles. The molecule has 4 heterocycles. The minimum Gasteiger partial charge on any atom is -0.378 e. The van der Waals surface area contributed by atoms with Gasteiger partial charge in [-0.3, -0.25) is 4.68 Å². The molecule has 2 aromatic carbocycles. The van der Waals surface area contributed by atoms with Crippen LogP contribution in [-0.4, -0.2) is 56.0 Å². The molecule has 0 saturated carbocycles. The van der Waals surface area contributed by atoms with Gasteiger partial charge >= 0.3 is 0 Å². The summed E-state index contributed by atoms with van der Waals surface area (Å²) in [5.41, 5.74) is 3.91. The third kappa shape index (κ3) is 3.85. The van der Waals surface area contributed by atoms with Gasteiger partial charge in [0.2, 0.25) is 0 Å². The smallest absolute Gasteiger partial charge is 0.161 e. The van der Waals surface area contributed by atoms with Gasteiger partial charge in [-0.05, 0) is 29.8 Å². The molecule has 176 valence electrons. The third-order valence-electron chi connectivity index (χ3n) is 6.36. The number of nitrogens with zero attached hydrogens (tertiary/aromatic N) is 7. The molecule has 0 unspecified atom stereocenters. The first-order chi connectivity index (χ1) is 17.1. The molecular weight excluding hydrogens is 452 g/mol. The van der Waals surface area contributed by atoms with E-state index in [1.165, 1.54) is 18.7 Å². The summed E-state index contributed by atoms with van der Waals surface area (Å²) < 4.78 is 37.0. The summed E-state index contributed by atoms with van der Waals surface area (Å²) in [6.07, 6.45) is 4.64. The molecular formula is C25H21F2N7O. The van der Waals surface area contributed by atoms with Gasteiger partial charge < -0.3 is 9.64 Å². The molecule has 35 heavy (non-hydrogen) atoms. The number of aryl methyl sites for hydroxylation is 1. The Bertz CT molecular complexity index is 1560. The number of anilines is 1. The topological polar surface area (TPSA) is 81.9 Å². The molecule has 5 aromatic rings. The molecule has 6 rings (SSSR count). The lowest BCUT2D eigenvalue weighted by Gasteiger charge is -2.29. The molecule has 0 spiro atoms. The van der Waals surface area contributed by atoms with Gasteiger partial charge in [0.05, 0.1) is 41.7 Å². The minimum atomic E-state index is -0.683. The highest BCUT2D eigenvalue weighted by molar-refractivity contribution is 5.94. The molecule has 1 aliphatic rings.